The highest BCUT2D eigenvalue weighted by atomic mass is 32.2. The largest absolute Gasteiger partial charge is 0.497 e. The fourth-order valence-corrected chi connectivity index (χ4v) is 5.92. The van der Waals surface area contributed by atoms with Crippen molar-refractivity contribution in [2.45, 2.75) is 71.0 Å². The summed E-state index contributed by atoms with van der Waals surface area (Å²) in [6.07, 6.45) is 0.351. The molecule has 220 valence electrons. The summed E-state index contributed by atoms with van der Waals surface area (Å²) in [7, 11) is -2.66. The van der Waals surface area contributed by atoms with Crippen LogP contribution in [0.4, 0.5) is 5.69 Å². The maximum atomic E-state index is 14.2. The number of carbonyl (C=O) groups excluding carboxylic acids is 2. The molecule has 8 nitrogen and oxygen atoms in total. The molecule has 0 unspecified atom stereocenters. The normalized spacial score (nSPS) is 12.4. The molecule has 0 radical (unpaired) electrons. The predicted octanol–water partition coefficient (Wildman–Crippen LogP) is 5.23. The summed E-state index contributed by atoms with van der Waals surface area (Å²) in [5, 5.41) is 2.98. The Kier molecular flexibility index (Phi) is 10.2. The molecule has 2 amide bonds. The van der Waals surface area contributed by atoms with Crippen LogP contribution < -0.4 is 14.4 Å². The van der Waals surface area contributed by atoms with Crippen molar-refractivity contribution in [3.8, 4) is 5.75 Å². The molecule has 0 saturated carbocycles. The molecule has 0 spiro atoms. The molecule has 0 aliphatic heterocycles. The van der Waals surface area contributed by atoms with Crippen molar-refractivity contribution >= 4 is 27.5 Å². The molecule has 3 aromatic rings. The zero-order chi connectivity index (χ0) is 30.4. The van der Waals surface area contributed by atoms with E-state index in [1.165, 1.54) is 24.1 Å². The summed E-state index contributed by atoms with van der Waals surface area (Å²) in [5.74, 6) is -0.345. The molecule has 0 fully saturated rings. The number of rotatable bonds is 11. The third-order valence-electron chi connectivity index (χ3n) is 6.55. The molecule has 1 N–H and O–H groups in total. The Labute approximate surface area is 244 Å². The number of anilines is 1. The van der Waals surface area contributed by atoms with E-state index in [-0.39, 0.29) is 23.0 Å². The molecular formula is C32H41N3O5S. The van der Waals surface area contributed by atoms with Crippen LogP contribution in [-0.2, 0) is 26.2 Å². The first-order valence-electron chi connectivity index (χ1n) is 13.7. The Hall–Kier alpha value is -3.85. The quantitative estimate of drug-likeness (QED) is 0.336. The lowest BCUT2D eigenvalue weighted by atomic mass is 10.0. The van der Waals surface area contributed by atoms with E-state index in [0.717, 1.165) is 21.0 Å². The van der Waals surface area contributed by atoms with E-state index < -0.39 is 34.1 Å². The van der Waals surface area contributed by atoms with Gasteiger partial charge >= 0.3 is 0 Å². The average Bonchev–Trinajstić information content (AvgIpc) is 2.90. The van der Waals surface area contributed by atoms with Gasteiger partial charge in [-0.3, -0.25) is 13.9 Å². The highest BCUT2D eigenvalue weighted by Crippen LogP contribution is 2.28. The Morgan fingerprint density at radius 3 is 2.17 bits per heavy atom. The maximum absolute atomic E-state index is 14.2. The second-order valence-electron chi connectivity index (χ2n) is 11.2. The highest BCUT2D eigenvalue weighted by Gasteiger charge is 2.34. The van der Waals surface area contributed by atoms with Crippen LogP contribution in [0.2, 0.25) is 0 Å². The maximum Gasteiger partial charge on any atom is 0.264 e. The molecule has 0 aliphatic carbocycles. The van der Waals surface area contributed by atoms with Gasteiger partial charge in [0.15, 0.2) is 0 Å². The molecule has 0 heterocycles. The van der Waals surface area contributed by atoms with Gasteiger partial charge in [-0.1, -0.05) is 60.5 Å². The van der Waals surface area contributed by atoms with Gasteiger partial charge in [0.25, 0.3) is 10.0 Å². The lowest BCUT2D eigenvalue weighted by Crippen LogP contribution is -2.55. The zero-order valence-corrected chi connectivity index (χ0v) is 25.8. The van der Waals surface area contributed by atoms with Crippen LogP contribution in [0.1, 0.15) is 50.8 Å². The monoisotopic (exact) mass is 579 g/mol. The fourth-order valence-electron chi connectivity index (χ4n) is 4.51. The van der Waals surface area contributed by atoms with E-state index in [1.807, 2.05) is 65.8 Å². The third kappa shape index (κ3) is 8.33. The number of ether oxygens (including phenoxy) is 1. The molecule has 1 atom stereocenters. The molecule has 0 aromatic heterocycles. The van der Waals surface area contributed by atoms with Crippen LogP contribution in [0.15, 0.2) is 77.7 Å². The molecule has 0 bridgehead atoms. The lowest BCUT2D eigenvalue weighted by Gasteiger charge is -2.35. The smallest absolute Gasteiger partial charge is 0.264 e. The van der Waals surface area contributed by atoms with Gasteiger partial charge in [-0.05, 0) is 70.9 Å². The summed E-state index contributed by atoms with van der Waals surface area (Å²) in [6.45, 7) is 10.9. The van der Waals surface area contributed by atoms with Crippen LogP contribution in [0.3, 0.4) is 0 Å². The topological polar surface area (TPSA) is 96.0 Å². The van der Waals surface area contributed by atoms with Crippen molar-refractivity contribution in [2.24, 2.45) is 0 Å². The number of sulfonamides is 1. The van der Waals surface area contributed by atoms with Gasteiger partial charge < -0.3 is 15.0 Å². The molecular weight excluding hydrogens is 538 g/mol. The highest BCUT2D eigenvalue weighted by molar-refractivity contribution is 7.92. The summed E-state index contributed by atoms with van der Waals surface area (Å²) in [5.41, 5.74) is 2.54. The first kappa shape index (κ1) is 31.7. The van der Waals surface area contributed by atoms with Crippen LogP contribution in [-0.4, -0.2) is 50.4 Å². The molecule has 3 aromatic carbocycles. The number of nitrogens with zero attached hydrogens (tertiary/aromatic N) is 2. The van der Waals surface area contributed by atoms with Crippen molar-refractivity contribution in [3.05, 3.63) is 89.5 Å². The van der Waals surface area contributed by atoms with E-state index in [2.05, 4.69) is 5.32 Å². The Morgan fingerprint density at radius 2 is 1.59 bits per heavy atom. The van der Waals surface area contributed by atoms with Gasteiger partial charge in [-0.2, -0.15) is 0 Å². The van der Waals surface area contributed by atoms with Crippen molar-refractivity contribution in [2.75, 3.05) is 18.0 Å². The van der Waals surface area contributed by atoms with E-state index in [0.29, 0.717) is 12.2 Å². The number of aryl methyl sites for hydroxylation is 2. The minimum atomic E-state index is -4.16. The minimum absolute atomic E-state index is 0.0569. The molecule has 41 heavy (non-hydrogen) atoms. The first-order chi connectivity index (χ1) is 19.2. The van der Waals surface area contributed by atoms with Gasteiger partial charge in [0.05, 0.1) is 17.7 Å². The van der Waals surface area contributed by atoms with E-state index in [9.17, 15) is 18.0 Å². The van der Waals surface area contributed by atoms with Crippen LogP contribution in [0.25, 0.3) is 0 Å². The van der Waals surface area contributed by atoms with Gasteiger partial charge in [-0.15, -0.1) is 0 Å². The average molecular weight is 580 g/mol. The Bertz CT molecular complexity index is 1460. The minimum Gasteiger partial charge on any atom is -0.497 e. The number of carbonyl (C=O) groups is 2. The second-order valence-corrected chi connectivity index (χ2v) is 13.1. The van der Waals surface area contributed by atoms with Crippen LogP contribution >= 0.6 is 0 Å². The first-order valence-corrected chi connectivity index (χ1v) is 15.1. The number of nitrogens with one attached hydrogen (secondary N) is 1. The van der Waals surface area contributed by atoms with Gasteiger partial charge in [0.1, 0.15) is 18.3 Å². The van der Waals surface area contributed by atoms with Crippen LogP contribution in [0, 0.1) is 13.8 Å². The predicted molar refractivity (Wildman–Crippen MR) is 162 cm³/mol. The SMILES string of the molecule is CC[C@@H](C(=O)NC(C)(C)C)N(Cc1cccc(C)c1)C(=O)CN(c1cccc(OC)c1)S(=O)(=O)c1ccc(C)cc1. The van der Waals surface area contributed by atoms with Gasteiger partial charge in [0.2, 0.25) is 11.8 Å². The summed E-state index contributed by atoms with van der Waals surface area (Å²) in [4.78, 5) is 29.1. The Morgan fingerprint density at radius 1 is 0.927 bits per heavy atom. The van der Waals surface area contributed by atoms with E-state index in [4.69, 9.17) is 4.74 Å². The number of benzene rings is 3. The number of amides is 2. The van der Waals surface area contributed by atoms with Crippen molar-refractivity contribution in [3.63, 3.8) is 0 Å². The molecule has 9 heteroatoms. The number of hydrogen-bond acceptors (Lipinski definition) is 5. The summed E-state index contributed by atoms with van der Waals surface area (Å²) < 4.78 is 34.4. The second kappa shape index (κ2) is 13.2. The lowest BCUT2D eigenvalue weighted by molar-refractivity contribution is -0.141. The van der Waals surface area contributed by atoms with Gasteiger partial charge in [-0.25, -0.2) is 8.42 Å². The van der Waals surface area contributed by atoms with E-state index in [1.54, 1.807) is 36.4 Å². The van der Waals surface area contributed by atoms with Gasteiger partial charge in [0, 0.05) is 18.2 Å². The standard InChI is InChI=1S/C32H41N3O5S/c1-8-29(31(37)33-32(4,5)6)34(21-25-12-9-11-24(3)19-25)30(36)22-35(26-13-10-14-27(20-26)40-7)41(38,39)28-17-15-23(2)16-18-28/h9-20,29H,8,21-22H2,1-7H3,(H,33,37)/t29-/m0/s1. The summed E-state index contributed by atoms with van der Waals surface area (Å²) >= 11 is 0. The van der Waals surface area contributed by atoms with Crippen molar-refractivity contribution in [1.29, 1.82) is 0 Å². The van der Waals surface area contributed by atoms with Crippen molar-refractivity contribution in [1.82, 2.24) is 10.2 Å². The Balaban J connectivity index is 2.09. The zero-order valence-electron chi connectivity index (χ0n) is 25.0. The van der Waals surface area contributed by atoms with E-state index >= 15 is 0 Å². The molecule has 0 aliphatic rings. The molecule has 3 rings (SSSR count). The third-order valence-corrected chi connectivity index (χ3v) is 8.34. The number of hydrogen-bond donors (Lipinski definition) is 1. The van der Waals surface area contributed by atoms with Crippen LogP contribution in [0.5, 0.6) is 5.75 Å². The summed E-state index contributed by atoms with van der Waals surface area (Å²) in [6, 6.07) is 20.0. The fraction of sp³-hybridized carbons (Fsp3) is 0.375. The molecule has 0 saturated heterocycles. The number of methoxy groups -OCH3 is 1. The van der Waals surface area contributed by atoms with Crippen molar-refractivity contribution < 1.29 is 22.7 Å².